The molecule has 1 rings (SSSR count). The fourth-order valence-corrected chi connectivity index (χ4v) is 1.20. The van der Waals surface area contributed by atoms with E-state index in [4.69, 9.17) is 5.73 Å². The monoisotopic (exact) mass is 180 g/mol. The van der Waals surface area contributed by atoms with E-state index in [1.54, 1.807) is 13.0 Å². The molecule has 3 N–H and O–H groups in total. The first-order chi connectivity index (χ1) is 6.02. The van der Waals surface area contributed by atoms with E-state index < -0.39 is 0 Å². The van der Waals surface area contributed by atoms with Gasteiger partial charge in [-0.05, 0) is 18.9 Å². The Hall–Kier alpha value is -1.09. The minimum absolute atomic E-state index is 0.0683. The molecule has 0 unspecified atom stereocenters. The molecule has 3 heteroatoms. The summed E-state index contributed by atoms with van der Waals surface area (Å²) in [6, 6.07) is 3.52. The van der Waals surface area contributed by atoms with E-state index in [-0.39, 0.29) is 11.6 Å². The molecule has 1 heterocycles. The molecule has 0 aliphatic heterocycles. The third-order valence-corrected chi connectivity index (χ3v) is 2.08. The summed E-state index contributed by atoms with van der Waals surface area (Å²) >= 11 is 0. The molecule has 1 aromatic heterocycles. The maximum atomic E-state index is 11.5. The zero-order valence-corrected chi connectivity index (χ0v) is 8.29. The van der Waals surface area contributed by atoms with Gasteiger partial charge >= 0.3 is 0 Å². The van der Waals surface area contributed by atoms with Gasteiger partial charge in [0.1, 0.15) is 0 Å². The molecule has 0 bridgehead atoms. The number of nitrogens with two attached hydrogens (primary N) is 1. The Bertz CT molecular complexity index is 339. The lowest BCUT2D eigenvalue weighted by Gasteiger charge is -2.08. The van der Waals surface area contributed by atoms with Gasteiger partial charge in [0.2, 0.25) is 0 Å². The normalized spacial score (nSPS) is 13.3. The molecule has 0 amide bonds. The van der Waals surface area contributed by atoms with Crippen molar-refractivity contribution in [3.63, 3.8) is 0 Å². The summed E-state index contributed by atoms with van der Waals surface area (Å²) in [4.78, 5) is 14.3. The maximum absolute atomic E-state index is 11.5. The van der Waals surface area contributed by atoms with Gasteiger partial charge in [0.15, 0.2) is 0 Å². The van der Waals surface area contributed by atoms with Crippen LogP contribution in [-0.4, -0.2) is 4.98 Å². The minimum Gasteiger partial charge on any atom is -0.326 e. The second-order valence-electron chi connectivity index (χ2n) is 3.64. The van der Waals surface area contributed by atoms with Gasteiger partial charge in [-0.15, -0.1) is 0 Å². The second-order valence-corrected chi connectivity index (χ2v) is 3.64. The smallest absolute Gasteiger partial charge is 0.252 e. The van der Waals surface area contributed by atoms with Gasteiger partial charge in [-0.3, -0.25) is 4.79 Å². The lowest BCUT2D eigenvalue weighted by molar-refractivity contribution is 0.770. The topological polar surface area (TPSA) is 58.9 Å². The quantitative estimate of drug-likeness (QED) is 0.725. The Morgan fingerprint density at radius 2 is 1.92 bits per heavy atom. The summed E-state index contributed by atoms with van der Waals surface area (Å²) in [6.07, 6.45) is 0. The van der Waals surface area contributed by atoms with Crippen molar-refractivity contribution < 1.29 is 0 Å². The van der Waals surface area contributed by atoms with Gasteiger partial charge in [0, 0.05) is 17.3 Å². The molecular formula is C10H16N2O. The summed E-state index contributed by atoms with van der Waals surface area (Å²) in [5.41, 5.74) is 7.15. The van der Waals surface area contributed by atoms with Crippen LogP contribution in [0, 0.1) is 0 Å². The molecule has 1 aromatic rings. The number of nitrogens with one attached hydrogen (secondary N) is 1. The van der Waals surface area contributed by atoms with E-state index in [0.29, 0.717) is 11.5 Å². The van der Waals surface area contributed by atoms with E-state index in [9.17, 15) is 4.79 Å². The Morgan fingerprint density at radius 1 is 1.31 bits per heavy atom. The Morgan fingerprint density at radius 3 is 2.31 bits per heavy atom. The number of H-pyrrole nitrogens is 1. The highest BCUT2D eigenvalue weighted by Gasteiger charge is 2.06. The summed E-state index contributed by atoms with van der Waals surface area (Å²) < 4.78 is 0. The first-order valence-corrected chi connectivity index (χ1v) is 4.51. The molecule has 0 saturated heterocycles. The molecule has 72 valence electrons. The average molecular weight is 180 g/mol. The van der Waals surface area contributed by atoms with Gasteiger partial charge in [0.05, 0.1) is 0 Å². The highest BCUT2D eigenvalue weighted by Crippen LogP contribution is 2.10. The van der Waals surface area contributed by atoms with Crippen LogP contribution in [0.1, 0.15) is 44.0 Å². The molecule has 0 saturated carbocycles. The van der Waals surface area contributed by atoms with Crippen molar-refractivity contribution >= 4 is 0 Å². The van der Waals surface area contributed by atoms with E-state index in [2.05, 4.69) is 4.98 Å². The van der Waals surface area contributed by atoms with Crippen LogP contribution in [0.25, 0.3) is 0 Å². The van der Waals surface area contributed by atoms with Gasteiger partial charge in [0.25, 0.3) is 5.56 Å². The zero-order chi connectivity index (χ0) is 10.0. The zero-order valence-electron chi connectivity index (χ0n) is 8.29. The van der Waals surface area contributed by atoms with Crippen molar-refractivity contribution in [3.8, 4) is 0 Å². The van der Waals surface area contributed by atoms with Crippen molar-refractivity contribution in [1.29, 1.82) is 0 Å². The molecule has 3 nitrogen and oxygen atoms in total. The molecule has 13 heavy (non-hydrogen) atoms. The third-order valence-electron chi connectivity index (χ3n) is 2.08. The summed E-state index contributed by atoms with van der Waals surface area (Å²) in [6.45, 7) is 5.88. The van der Waals surface area contributed by atoms with E-state index >= 15 is 0 Å². The maximum Gasteiger partial charge on any atom is 0.252 e. The van der Waals surface area contributed by atoms with Gasteiger partial charge in [-0.25, -0.2) is 0 Å². The molecule has 0 fully saturated rings. The van der Waals surface area contributed by atoms with Crippen molar-refractivity contribution in [3.05, 3.63) is 33.7 Å². The van der Waals surface area contributed by atoms with Crippen molar-refractivity contribution in [2.75, 3.05) is 0 Å². The van der Waals surface area contributed by atoms with Crippen LogP contribution < -0.4 is 11.3 Å². The van der Waals surface area contributed by atoms with Crippen LogP contribution in [0.5, 0.6) is 0 Å². The number of pyridine rings is 1. The van der Waals surface area contributed by atoms with Gasteiger partial charge < -0.3 is 10.7 Å². The third kappa shape index (κ3) is 2.18. The Balaban J connectivity index is 3.14. The standard InChI is InChI=1S/C10H16N2O/c1-6(2)9-5-4-8(7(3)11)10(13)12-9/h4-7H,11H2,1-3H3,(H,12,13)/t7-/m1/s1. The number of hydrogen-bond acceptors (Lipinski definition) is 2. The lowest BCUT2D eigenvalue weighted by atomic mass is 10.1. The van der Waals surface area contributed by atoms with E-state index in [1.165, 1.54) is 0 Å². The molecule has 0 aliphatic rings. The van der Waals surface area contributed by atoms with Crippen LogP contribution >= 0.6 is 0 Å². The van der Waals surface area contributed by atoms with Crippen LogP contribution in [-0.2, 0) is 0 Å². The highest BCUT2D eigenvalue weighted by atomic mass is 16.1. The van der Waals surface area contributed by atoms with E-state index in [0.717, 1.165) is 5.69 Å². The largest absolute Gasteiger partial charge is 0.326 e. The summed E-state index contributed by atoms with van der Waals surface area (Å²) in [5, 5.41) is 0. The van der Waals surface area contributed by atoms with Crippen LogP contribution in [0.4, 0.5) is 0 Å². The number of hydrogen-bond donors (Lipinski definition) is 2. The van der Waals surface area contributed by atoms with Crippen molar-refractivity contribution in [1.82, 2.24) is 4.98 Å². The lowest BCUT2D eigenvalue weighted by Crippen LogP contribution is -2.20. The SMILES string of the molecule is CC(C)c1ccc([C@@H](C)N)c(=O)[nH]1. The van der Waals surface area contributed by atoms with Crippen LogP contribution in [0.15, 0.2) is 16.9 Å². The number of aromatic amines is 1. The second kappa shape index (κ2) is 3.75. The predicted octanol–water partition coefficient (Wildman–Crippen LogP) is 1.52. The fraction of sp³-hybridized carbons (Fsp3) is 0.500. The molecule has 0 aromatic carbocycles. The summed E-state index contributed by atoms with van der Waals surface area (Å²) in [5.74, 6) is 0.342. The molecule has 0 radical (unpaired) electrons. The first kappa shape index (κ1) is 9.99. The van der Waals surface area contributed by atoms with Gasteiger partial charge in [-0.1, -0.05) is 19.9 Å². The summed E-state index contributed by atoms with van der Waals surface area (Å²) in [7, 11) is 0. The Labute approximate surface area is 78.0 Å². The molecule has 1 atom stereocenters. The molecule has 0 aliphatic carbocycles. The highest BCUT2D eigenvalue weighted by molar-refractivity contribution is 5.18. The first-order valence-electron chi connectivity index (χ1n) is 4.51. The molecular weight excluding hydrogens is 164 g/mol. The van der Waals surface area contributed by atoms with Crippen molar-refractivity contribution in [2.45, 2.75) is 32.7 Å². The Kier molecular flexibility index (Phi) is 2.88. The number of rotatable bonds is 2. The van der Waals surface area contributed by atoms with Crippen molar-refractivity contribution in [2.24, 2.45) is 5.73 Å². The van der Waals surface area contributed by atoms with Crippen LogP contribution in [0.2, 0.25) is 0 Å². The van der Waals surface area contributed by atoms with Gasteiger partial charge in [-0.2, -0.15) is 0 Å². The predicted molar refractivity (Wildman–Crippen MR) is 53.8 cm³/mol. The minimum atomic E-state index is -0.204. The molecule has 0 spiro atoms. The van der Waals surface area contributed by atoms with Crippen LogP contribution in [0.3, 0.4) is 0 Å². The average Bonchev–Trinajstić information content (AvgIpc) is 2.03. The van der Waals surface area contributed by atoms with E-state index in [1.807, 2.05) is 19.9 Å². The fourth-order valence-electron chi connectivity index (χ4n) is 1.20. The number of aromatic nitrogens is 1.